The third-order valence-corrected chi connectivity index (χ3v) is 5.56. The van der Waals surface area contributed by atoms with Crippen LogP contribution in [0, 0.1) is 0 Å². The second kappa shape index (κ2) is 7.19. The van der Waals surface area contributed by atoms with E-state index >= 15 is 0 Å². The van der Waals surface area contributed by atoms with Crippen molar-refractivity contribution in [3.8, 4) is 0 Å². The standard InChI is InChI=1S/C17H17BrClNS/c18-17-9-16(8-3-13(17)10-20-15-6-7-15)21-11-12-1-4-14(19)5-2-12/h1-5,8-9,15,20H,6-7,10-11H2. The molecule has 21 heavy (non-hydrogen) atoms. The molecule has 3 rings (SSSR count). The molecule has 2 aromatic carbocycles. The molecule has 0 saturated heterocycles. The highest BCUT2D eigenvalue weighted by atomic mass is 79.9. The molecule has 0 aliphatic heterocycles. The van der Waals surface area contributed by atoms with Gasteiger partial charge in [-0.25, -0.2) is 0 Å². The smallest absolute Gasteiger partial charge is 0.0406 e. The molecule has 0 bridgehead atoms. The molecule has 4 heteroatoms. The molecule has 0 radical (unpaired) electrons. The van der Waals surface area contributed by atoms with Crippen molar-refractivity contribution in [3.05, 3.63) is 63.1 Å². The number of nitrogens with one attached hydrogen (secondary N) is 1. The van der Waals surface area contributed by atoms with Crippen LogP contribution in [0.3, 0.4) is 0 Å². The summed E-state index contributed by atoms with van der Waals surface area (Å²) < 4.78 is 1.19. The van der Waals surface area contributed by atoms with Crippen molar-refractivity contribution < 1.29 is 0 Å². The van der Waals surface area contributed by atoms with Crippen LogP contribution in [0.1, 0.15) is 24.0 Å². The van der Waals surface area contributed by atoms with Crippen molar-refractivity contribution in [2.75, 3.05) is 0 Å². The number of thioether (sulfide) groups is 1. The number of halogens is 2. The number of hydrogen-bond donors (Lipinski definition) is 1. The number of benzene rings is 2. The Morgan fingerprint density at radius 1 is 1.14 bits per heavy atom. The maximum atomic E-state index is 5.90. The van der Waals surface area contributed by atoms with Crippen LogP contribution >= 0.6 is 39.3 Å². The predicted molar refractivity (Wildman–Crippen MR) is 95.0 cm³/mol. The van der Waals surface area contributed by atoms with Crippen LogP contribution in [-0.2, 0) is 12.3 Å². The Kier molecular flexibility index (Phi) is 5.28. The number of hydrogen-bond acceptors (Lipinski definition) is 2. The van der Waals surface area contributed by atoms with Crippen LogP contribution in [0.4, 0.5) is 0 Å². The van der Waals surface area contributed by atoms with Gasteiger partial charge in [0.1, 0.15) is 0 Å². The van der Waals surface area contributed by atoms with E-state index in [9.17, 15) is 0 Å². The van der Waals surface area contributed by atoms with Gasteiger partial charge in [-0.2, -0.15) is 0 Å². The Balaban J connectivity index is 1.57. The summed E-state index contributed by atoms with van der Waals surface area (Å²) in [5.74, 6) is 0.962. The molecule has 1 fully saturated rings. The van der Waals surface area contributed by atoms with Crippen LogP contribution in [0.5, 0.6) is 0 Å². The van der Waals surface area contributed by atoms with E-state index in [4.69, 9.17) is 11.6 Å². The second-order valence-corrected chi connectivity index (χ2v) is 7.66. The first-order valence-electron chi connectivity index (χ1n) is 7.10. The van der Waals surface area contributed by atoms with E-state index in [1.807, 2.05) is 23.9 Å². The molecule has 1 nitrogen and oxygen atoms in total. The zero-order valence-corrected chi connectivity index (χ0v) is 14.8. The van der Waals surface area contributed by atoms with Gasteiger partial charge >= 0.3 is 0 Å². The first-order chi connectivity index (χ1) is 10.2. The molecule has 0 atom stereocenters. The van der Waals surface area contributed by atoms with Crippen molar-refractivity contribution in [2.45, 2.75) is 36.1 Å². The van der Waals surface area contributed by atoms with Gasteiger partial charge < -0.3 is 5.32 Å². The van der Waals surface area contributed by atoms with Gasteiger partial charge in [0.05, 0.1) is 0 Å². The van der Waals surface area contributed by atoms with Crippen molar-refractivity contribution in [3.63, 3.8) is 0 Å². The third-order valence-electron chi connectivity index (χ3n) is 3.50. The van der Waals surface area contributed by atoms with Gasteiger partial charge in [0.15, 0.2) is 0 Å². The van der Waals surface area contributed by atoms with Gasteiger partial charge in [-0.05, 0) is 48.2 Å². The molecule has 0 unspecified atom stereocenters. The van der Waals surface area contributed by atoms with Crippen molar-refractivity contribution in [2.24, 2.45) is 0 Å². The molecule has 0 heterocycles. The minimum absolute atomic E-state index is 0.746. The summed E-state index contributed by atoms with van der Waals surface area (Å²) in [4.78, 5) is 1.28. The average molecular weight is 383 g/mol. The first-order valence-corrected chi connectivity index (χ1v) is 9.25. The van der Waals surface area contributed by atoms with Crippen LogP contribution in [0.2, 0.25) is 5.02 Å². The molecule has 1 saturated carbocycles. The SMILES string of the molecule is Clc1ccc(CSc2ccc(CNC3CC3)c(Br)c2)cc1. The zero-order valence-electron chi connectivity index (χ0n) is 11.6. The Morgan fingerprint density at radius 2 is 1.90 bits per heavy atom. The van der Waals surface area contributed by atoms with E-state index < -0.39 is 0 Å². The monoisotopic (exact) mass is 381 g/mol. The normalized spacial score (nSPS) is 14.4. The van der Waals surface area contributed by atoms with E-state index in [0.717, 1.165) is 23.4 Å². The topological polar surface area (TPSA) is 12.0 Å². The lowest BCUT2D eigenvalue weighted by atomic mass is 10.2. The molecule has 1 aliphatic rings. The van der Waals surface area contributed by atoms with E-state index in [-0.39, 0.29) is 0 Å². The fraction of sp³-hybridized carbons (Fsp3) is 0.294. The van der Waals surface area contributed by atoms with E-state index in [1.54, 1.807) is 0 Å². The molecular formula is C17H17BrClNS. The average Bonchev–Trinajstić information content (AvgIpc) is 3.30. The van der Waals surface area contributed by atoms with Crippen LogP contribution in [-0.4, -0.2) is 6.04 Å². The summed E-state index contributed by atoms with van der Waals surface area (Å²) >= 11 is 11.4. The maximum Gasteiger partial charge on any atom is 0.0406 e. The van der Waals surface area contributed by atoms with Crippen LogP contribution < -0.4 is 5.32 Å². The molecule has 1 N–H and O–H groups in total. The Hall–Kier alpha value is -0.480. The van der Waals surface area contributed by atoms with Gasteiger partial charge in [0, 0.05) is 32.7 Å². The minimum atomic E-state index is 0.746. The highest BCUT2D eigenvalue weighted by Crippen LogP contribution is 2.29. The molecule has 0 amide bonds. The van der Waals surface area contributed by atoms with Crippen molar-refractivity contribution in [1.29, 1.82) is 0 Å². The lowest BCUT2D eigenvalue weighted by Crippen LogP contribution is -2.15. The molecular weight excluding hydrogens is 366 g/mol. The fourth-order valence-corrected chi connectivity index (χ4v) is 3.74. The predicted octanol–water partition coefficient (Wildman–Crippen LogP) is 5.65. The quantitative estimate of drug-likeness (QED) is 0.648. The Labute approximate surface area is 143 Å². The van der Waals surface area contributed by atoms with E-state index in [2.05, 4.69) is 51.6 Å². The van der Waals surface area contributed by atoms with E-state index in [0.29, 0.717) is 0 Å². The van der Waals surface area contributed by atoms with Gasteiger partial charge in [0.2, 0.25) is 0 Å². The maximum absolute atomic E-state index is 5.90. The van der Waals surface area contributed by atoms with Gasteiger partial charge in [0.25, 0.3) is 0 Å². The summed E-state index contributed by atoms with van der Waals surface area (Å²) in [5, 5.41) is 4.34. The molecule has 1 aliphatic carbocycles. The summed E-state index contributed by atoms with van der Waals surface area (Å²) in [6.07, 6.45) is 2.65. The summed E-state index contributed by atoms with van der Waals surface area (Å²) in [6.45, 7) is 0.952. The first kappa shape index (κ1) is 15.4. The third kappa shape index (κ3) is 4.75. The summed E-state index contributed by atoms with van der Waals surface area (Å²) in [6, 6.07) is 15.4. The van der Waals surface area contributed by atoms with Gasteiger partial charge in [-0.3, -0.25) is 0 Å². The van der Waals surface area contributed by atoms with Crippen LogP contribution in [0.25, 0.3) is 0 Å². The van der Waals surface area contributed by atoms with E-state index in [1.165, 1.54) is 33.3 Å². The molecule has 0 aromatic heterocycles. The van der Waals surface area contributed by atoms with Gasteiger partial charge in [-0.15, -0.1) is 11.8 Å². The minimum Gasteiger partial charge on any atom is -0.310 e. The molecule has 0 spiro atoms. The largest absolute Gasteiger partial charge is 0.310 e. The zero-order chi connectivity index (χ0) is 14.7. The van der Waals surface area contributed by atoms with Gasteiger partial charge in [-0.1, -0.05) is 45.7 Å². The lowest BCUT2D eigenvalue weighted by Gasteiger charge is -2.08. The fourth-order valence-electron chi connectivity index (χ4n) is 2.05. The Bertz CT molecular complexity index is 611. The Morgan fingerprint density at radius 3 is 2.57 bits per heavy atom. The highest BCUT2D eigenvalue weighted by Gasteiger charge is 2.20. The second-order valence-electron chi connectivity index (χ2n) is 5.32. The number of rotatable bonds is 6. The summed E-state index contributed by atoms with van der Waals surface area (Å²) in [5.41, 5.74) is 2.62. The molecule has 2 aromatic rings. The van der Waals surface area contributed by atoms with Crippen molar-refractivity contribution >= 4 is 39.3 Å². The van der Waals surface area contributed by atoms with Crippen LogP contribution in [0.15, 0.2) is 51.8 Å². The lowest BCUT2D eigenvalue weighted by molar-refractivity contribution is 0.685. The molecule has 110 valence electrons. The highest BCUT2D eigenvalue weighted by molar-refractivity contribution is 9.10. The summed E-state index contributed by atoms with van der Waals surface area (Å²) in [7, 11) is 0. The van der Waals surface area contributed by atoms with Crippen molar-refractivity contribution in [1.82, 2.24) is 5.32 Å².